The molecule has 0 bridgehead atoms. The van der Waals surface area contributed by atoms with Gasteiger partial charge in [-0.3, -0.25) is 14.3 Å². The van der Waals surface area contributed by atoms with Gasteiger partial charge in [0.25, 0.3) is 5.56 Å². The number of rotatable bonds is 8. The number of nitrogens with two attached hydrogens (primary N) is 2. The normalized spacial score (nSPS) is 22.2. The molecule has 2 aromatic heterocycles. The minimum Gasteiger partial charge on any atom is -0.369 e. The van der Waals surface area contributed by atoms with Gasteiger partial charge in [-0.2, -0.15) is 4.98 Å². The minimum absolute atomic E-state index is 0.0360. The lowest BCUT2D eigenvalue weighted by Gasteiger charge is -2.17. The summed E-state index contributed by atoms with van der Waals surface area (Å²) < 4.78 is 29.5. The average molecular weight is 475 g/mol. The van der Waals surface area contributed by atoms with E-state index in [-0.39, 0.29) is 30.6 Å². The number of aromatic nitrogens is 3. The summed E-state index contributed by atoms with van der Waals surface area (Å²) >= 11 is 0. The number of nitrogens with one attached hydrogen (secondary N) is 1. The van der Waals surface area contributed by atoms with Gasteiger partial charge in [-0.1, -0.05) is 33.4 Å². The van der Waals surface area contributed by atoms with Gasteiger partial charge in [0.05, 0.1) is 30.2 Å². The molecule has 0 aromatic carbocycles. The molecule has 30 heavy (non-hydrogen) atoms. The Morgan fingerprint density at radius 3 is 3.07 bits per heavy atom. The summed E-state index contributed by atoms with van der Waals surface area (Å²) in [7, 11) is -0.0285. The van der Waals surface area contributed by atoms with Crippen molar-refractivity contribution < 1.29 is 23.5 Å². The van der Waals surface area contributed by atoms with Crippen LogP contribution in [0.1, 0.15) is 18.2 Å². The van der Waals surface area contributed by atoms with Crippen LogP contribution in [-0.4, -0.2) is 57.0 Å². The van der Waals surface area contributed by atoms with Gasteiger partial charge in [0.15, 0.2) is 5.65 Å². The fourth-order valence-corrected chi connectivity index (χ4v) is 4.24. The molecule has 164 valence electrons. The lowest BCUT2D eigenvalue weighted by Crippen LogP contribution is -2.28. The van der Waals surface area contributed by atoms with Crippen molar-refractivity contribution in [2.24, 2.45) is 5.73 Å². The van der Waals surface area contributed by atoms with Gasteiger partial charge >= 0.3 is 8.25 Å². The molecule has 4 atom stereocenters. The standard InChI is InChI=1S/C16H22N5O6PS2/c1-29-30-8-25-10-5-12(27-11(10)7-26-28(23)24)21-6-9(3-2-4-17)13-14(21)19-16(18)20-15(13)22/h6,10-12,28H,4-5,7-8,17H2,1H3,(H,23,24)(H3,18,19,20,22)/t10?,11-,12-/m1/s1. The van der Waals surface area contributed by atoms with E-state index < -0.39 is 26.1 Å². The molecular formula is C16H22N5O6PS2. The zero-order valence-electron chi connectivity index (χ0n) is 16.0. The molecule has 1 aliphatic heterocycles. The van der Waals surface area contributed by atoms with Crippen LogP contribution in [0.25, 0.3) is 11.0 Å². The quantitative estimate of drug-likeness (QED) is 0.139. The van der Waals surface area contributed by atoms with Crippen LogP contribution in [0.3, 0.4) is 0 Å². The fraction of sp³-hybridized carbons (Fsp3) is 0.500. The maximum atomic E-state index is 12.5. The molecule has 3 rings (SSSR count). The molecule has 3 heterocycles. The predicted molar refractivity (Wildman–Crippen MR) is 117 cm³/mol. The first-order valence-corrected chi connectivity index (χ1v) is 12.8. The highest BCUT2D eigenvalue weighted by molar-refractivity contribution is 8.76. The van der Waals surface area contributed by atoms with E-state index in [0.29, 0.717) is 23.6 Å². The van der Waals surface area contributed by atoms with E-state index in [2.05, 4.69) is 21.8 Å². The van der Waals surface area contributed by atoms with E-state index in [1.807, 2.05) is 6.26 Å². The minimum atomic E-state index is -3.11. The van der Waals surface area contributed by atoms with Crippen LogP contribution in [-0.2, 0) is 18.6 Å². The van der Waals surface area contributed by atoms with Crippen LogP contribution in [0.4, 0.5) is 5.95 Å². The van der Waals surface area contributed by atoms with Gasteiger partial charge in [0, 0.05) is 12.6 Å². The van der Waals surface area contributed by atoms with E-state index in [0.717, 1.165) is 0 Å². The highest BCUT2D eigenvalue weighted by Crippen LogP contribution is 2.35. The fourth-order valence-electron chi connectivity index (χ4n) is 3.15. The summed E-state index contributed by atoms with van der Waals surface area (Å²) in [6, 6.07) is 0. The van der Waals surface area contributed by atoms with Crippen molar-refractivity contribution in [2.75, 3.05) is 31.1 Å². The number of anilines is 1. The monoisotopic (exact) mass is 475 g/mol. The van der Waals surface area contributed by atoms with Crippen LogP contribution in [0.2, 0.25) is 0 Å². The van der Waals surface area contributed by atoms with Crippen molar-refractivity contribution in [3.63, 3.8) is 0 Å². The molecule has 1 aliphatic rings. The first-order valence-electron chi connectivity index (χ1n) is 8.82. The van der Waals surface area contributed by atoms with E-state index in [1.54, 1.807) is 21.6 Å². The van der Waals surface area contributed by atoms with Gasteiger partial charge in [0.2, 0.25) is 5.95 Å². The summed E-state index contributed by atoms with van der Waals surface area (Å²) in [5, 5.41) is 0.282. The SMILES string of the molecule is CSSCOC1C[C@H](n2cc(C#CCN)c3c(=O)[nH]c(N)nc32)O[C@@H]1CO[PH](=O)O. The Labute approximate surface area is 180 Å². The summed E-state index contributed by atoms with van der Waals surface area (Å²) in [6.07, 6.45) is 2.49. The van der Waals surface area contributed by atoms with Crippen molar-refractivity contribution >= 4 is 46.8 Å². The Morgan fingerprint density at radius 1 is 1.57 bits per heavy atom. The lowest BCUT2D eigenvalue weighted by molar-refractivity contribution is -0.0485. The summed E-state index contributed by atoms with van der Waals surface area (Å²) in [5.41, 5.74) is 11.5. The summed E-state index contributed by atoms with van der Waals surface area (Å²) in [6.45, 7) is 0.0320. The molecule has 0 saturated carbocycles. The molecule has 0 spiro atoms. The lowest BCUT2D eigenvalue weighted by atomic mass is 10.2. The van der Waals surface area contributed by atoms with Crippen molar-refractivity contribution in [3.05, 3.63) is 22.1 Å². The number of nitrogens with zero attached hydrogens (tertiary/aromatic N) is 2. The molecule has 2 aromatic rings. The van der Waals surface area contributed by atoms with Crippen molar-refractivity contribution in [3.8, 4) is 11.8 Å². The summed E-state index contributed by atoms with van der Waals surface area (Å²) in [5.74, 6) is 5.98. The Morgan fingerprint density at radius 2 is 2.37 bits per heavy atom. The van der Waals surface area contributed by atoms with Crippen LogP contribution in [0.15, 0.2) is 11.0 Å². The molecule has 6 N–H and O–H groups in total. The molecule has 11 nitrogen and oxygen atoms in total. The first-order chi connectivity index (χ1) is 14.4. The highest BCUT2D eigenvalue weighted by atomic mass is 33.1. The Kier molecular flexibility index (Phi) is 8.27. The molecule has 0 radical (unpaired) electrons. The van der Waals surface area contributed by atoms with E-state index in [4.69, 9.17) is 30.4 Å². The van der Waals surface area contributed by atoms with Gasteiger partial charge < -0.3 is 34.9 Å². The van der Waals surface area contributed by atoms with E-state index in [1.165, 1.54) is 10.8 Å². The molecule has 2 unspecified atom stereocenters. The maximum Gasteiger partial charge on any atom is 0.316 e. The van der Waals surface area contributed by atoms with E-state index >= 15 is 0 Å². The largest absolute Gasteiger partial charge is 0.369 e. The average Bonchev–Trinajstić information content (AvgIpc) is 3.26. The third kappa shape index (κ3) is 5.40. The topological polar surface area (TPSA) is 168 Å². The highest BCUT2D eigenvalue weighted by Gasteiger charge is 2.38. The first kappa shape index (κ1) is 23.2. The third-order valence-corrected chi connectivity index (χ3v) is 6.21. The molecule has 0 aliphatic carbocycles. The maximum absolute atomic E-state index is 12.5. The number of hydrogen-bond donors (Lipinski definition) is 4. The number of fused-ring (bicyclic) bond motifs is 1. The second-order valence-electron chi connectivity index (χ2n) is 6.16. The van der Waals surface area contributed by atoms with Crippen LogP contribution in [0, 0.1) is 11.8 Å². The van der Waals surface area contributed by atoms with Crippen LogP contribution in [0.5, 0.6) is 0 Å². The zero-order chi connectivity index (χ0) is 21.7. The number of aromatic amines is 1. The second kappa shape index (κ2) is 10.7. The van der Waals surface area contributed by atoms with Crippen molar-refractivity contribution in [1.82, 2.24) is 14.5 Å². The number of hydrogen-bond acceptors (Lipinski definition) is 10. The van der Waals surface area contributed by atoms with Crippen LogP contribution >= 0.6 is 29.8 Å². The predicted octanol–water partition coefficient (Wildman–Crippen LogP) is 0.657. The van der Waals surface area contributed by atoms with Gasteiger partial charge in [-0.25, -0.2) is 0 Å². The zero-order valence-corrected chi connectivity index (χ0v) is 18.6. The Bertz CT molecular complexity index is 1030. The third-order valence-electron chi connectivity index (χ3n) is 4.34. The number of ether oxygens (including phenoxy) is 2. The van der Waals surface area contributed by atoms with Gasteiger partial charge in [-0.05, 0) is 6.26 Å². The Balaban J connectivity index is 1.95. The second-order valence-corrected chi connectivity index (χ2v) is 9.49. The van der Waals surface area contributed by atoms with Crippen LogP contribution < -0.4 is 17.0 Å². The summed E-state index contributed by atoms with van der Waals surface area (Å²) in [4.78, 5) is 28.2. The smallest absolute Gasteiger partial charge is 0.316 e. The van der Waals surface area contributed by atoms with E-state index in [9.17, 15) is 9.36 Å². The molecule has 1 fully saturated rings. The number of H-pyrrole nitrogens is 1. The molecule has 14 heteroatoms. The van der Waals surface area contributed by atoms with Crippen molar-refractivity contribution in [1.29, 1.82) is 0 Å². The van der Waals surface area contributed by atoms with Gasteiger partial charge in [-0.15, -0.1) is 0 Å². The van der Waals surface area contributed by atoms with Crippen molar-refractivity contribution in [2.45, 2.75) is 24.9 Å². The molecular weight excluding hydrogens is 453 g/mol. The van der Waals surface area contributed by atoms with Gasteiger partial charge in [0.1, 0.15) is 18.3 Å². The number of nitrogen functional groups attached to an aromatic ring is 1. The molecule has 0 amide bonds. The molecule has 1 saturated heterocycles. The Hall–Kier alpha value is -1.49.